The van der Waals surface area contributed by atoms with Crippen LogP contribution in [0.4, 0.5) is 13.2 Å². The van der Waals surface area contributed by atoms with E-state index in [9.17, 15) is 18.0 Å². The molecule has 0 saturated carbocycles. The molecule has 3 N–H and O–H groups in total. The van der Waals surface area contributed by atoms with Crippen LogP contribution in [0, 0.1) is 0 Å². The zero-order valence-corrected chi connectivity index (χ0v) is 11.6. The second-order valence-electron chi connectivity index (χ2n) is 4.33. The largest absolute Gasteiger partial charge is 0.490 e. The van der Waals surface area contributed by atoms with Crippen molar-refractivity contribution in [3.63, 3.8) is 0 Å². The number of carbonyl (C=O) groups excluding carboxylic acids is 1. The number of aliphatic carboxylic acids is 1. The minimum Gasteiger partial charge on any atom is -0.475 e. The molecule has 8 heteroatoms. The lowest BCUT2D eigenvalue weighted by molar-refractivity contribution is -0.192. The highest BCUT2D eigenvalue weighted by atomic mass is 19.4. The van der Waals surface area contributed by atoms with E-state index in [1.165, 1.54) is 4.90 Å². The van der Waals surface area contributed by atoms with Crippen molar-refractivity contribution >= 4 is 11.9 Å². The van der Waals surface area contributed by atoms with Gasteiger partial charge in [0, 0.05) is 14.1 Å². The number of amides is 1. The molecule has 1 rings (SSSR count). The molecule has 0 fully saturated rings. The smallest absolute Gasteiger partial charge is 0.475 e. The molecule has 0 radical (unpaired) electrons. The normalized spacial score (nSPS) is 11.9. The lowest BCUT2D eigenvalue weighted by Gasteiger charge is -2.16. The van der Waals surface area contributed by atoms with Crippen LogP contribution >= 0.6 is 0 Å². The Morgan fingerprint density at radius 1 is 1.24 bits per heavy atom. The molecule has 118 valence electrons. The van der Waals surface area contributed by atoms with Crippen molar-refractivity contribution in [1.82, 2.24) is 4.90 Å². The summed E-state index contributed by atoms with van der Waals surface area (Å²) in [6, 6.07) is 9.35. The van der Waals surface area contributed by atoms with Crippen molar-refractivity contribution in [3.05, 3.63) is 35.9 Å². The molecule has 1 atom stereocenters. The van der Waals surface area contributed by atoms with E-state index < -0.39 is 18.2 Å². The van der Waals surface area contributed by atoms with Gasteiger partial charge in [-0.2, -0.15) is 13.2 Å². The minimum absolute atomic E-state index is 0.0335. The first-order valence-electron chi connectivity index (χ1n) is 5.86. The molecule has 0 spiro atoms. The topological polar surface area (TPSA) is 83.6 Å². The third kappa shape index (κ3) is 7.93. The second kappa shape index (κ2) is 8.25. The molecule has 0 saturated heterocycles. The average molecular weight is 306 g/mol. The molecule has 0 aliphatic carbocycles. The van der Waals surface area contributed by atoms with Crippen LogP contribution < -0.4 is 5.73 Å². The number of nitrogens with two attached hydrogens (primary N) is 1. The van der Waals surface area contributed by atoms with Crippen LogP contribution in [0.5, 0.6) is 0 Å². The SMILES string of the molecule is CN(C)C(=O)[C@@H](N)Cc1ccccc1.O=C(O)C(F)(F)F. The molecular weight excluding hydrogens is 289 g/mol. The Balaban J connectivity index is 0.000000486. The maximum absolute atomic E-state index is 11.4. The maximum atomic E-state index is 11.4. The molecule has 0 heterocycles. The molecule has 5 nitrogen and oxygen atoms in total. The van der Waals surface area contributed by atoms with Crippen LogP contribution in [0.1, 0.15) is 5.56 Å². The van der Waals surface area contributed by atoms with Gasteiger partial charge in [-0.3, -0.25) is 4.79 Å². The lowest BCUT2D eigenvalue weighted by Crippen LogP contribution is -2.41. The minimum atomic E-state index is -5.08. The fourth-order valence-corrected chi connectivity index (χ4v) is 1.29. The van der Waals surface area contributed by atoms with E-state index in [1.54, 1.807) is 14.1 Å². The monoisotopic (exact) mass is 306 g/mol. The van der Waals surface area contributed by atoms with Crippen molar-refractivity contribution in [2.45, 2.75) is 18.6 Å². The number of carboxylic acid groups (broad SMARTS) is 1. The van der Waals surface area contributed by atoms with Gasteiger partial charge in [0.15, 0.2) is 0 Å². The number of rotatable bonds is 3. The van der Waals surface area contributed by atoms with Crippen molar-refractivity contribution in [2.24, 2.45) is 5.73 Å². The number of benzene rings is 1. The summed E-state index contributed by atoms with van der Waals surface area (Å²) in [5, 5.41) is 7.12. The van der Waals surface area contributed by atoms with Gasteiger partial charge < -0.3 is 15.7 Å². The van der Waals surface area contributed by atoms with E-state index in [1.807, 2.05) is 30.3 Å². The highest BCUT2D eigenvalue weighted by Crippen LogP contribution is 2.13. The number of hydrogen-bond donors (Lipinski definition) is 2. The van der Waals surface area contributed by atoms with E-state index in [4.69, 9.17) is 15.6 Å². The van der Waals surface area contributed by atoms with Crippen LogP contribution in [-0.2, 0) is 16.0 Å². The van der Waals surface area contributed by atoms with E-state index in [0.717, 1.165) is 5.56 Å². The highest BCUT2D eigenvalue weighted by Gasteiger charge is 2.38. The second-order valence-corrected chi connectivity index (χ2v) is 4.33. The lowest BCUT2D eigenvalue weighted by atomic mass is 10.1. The standard InChI is InChI=1S/C11H16N2O.C2HF3O2/c1-13(2)11(14)10(12)8-9-6-4-3-5-7-9;3-2(4,5)1(6)7/h3-7,10H,8,12H2,1-2H3;(H,6,7)/t10-;/m0./s1. The Morgan fingerprint density at radius 3 is 2.00 bits per heavy atom. The van der Waals surface area contributed by atoms with Crippen molar-refractivity contribution in [2.75, 3.05) is 14.1 Å². The number of hydrogen-bond acceptors (Lipinski definition) is 3. The zero-order valence-electron chi connectivity index (χ0n) is 11.6. The number of carboxylic acids is 1. The third-order valence-corrected chi connectivity index (χ3v) is 2.30. The van der Waals surface area contributed by atoms with Crippen molar-refractivity contribution in [3.8, 4) is 0 Å². The first-order valence-corrected chi connectivity index (χ1v) is 5.86. The molecule has 0 bridgehead atoms. The van der Waals surface area contributed by atoms with Crippen LogP contribution in [0.2, 0.25) is 0 Å². The van der Waals surface area contributed by atoms with Gasteiger partial charge in [0.25, 0.3) is 0 Å². The Bertz CT molecular complexity index is 461. The molecule has 21 heavy (non-hydrogen) atoms. The quantitative estimate of drug-likeness (QED) is 0.881. The van der Waals surface area contributed by atoms with Crippen LogP contribution in [0.3, 0.4) is 0 Å². The Morgan fingerprint density at radius 2 is 1.67 bits per heavy atom. The van der Waals surface area contributed by atoms with Crippen molar-refractivity contribution < 1.29 is 27.9 Å². The predicted octanol–water partition coefficient (Wildman–Crippen LogP) is 1.28. The summed E-state index contributed by atoms with van der Waals surface area (Å²) in [7, 11) is 3.43. The third-order valence-electron chi connectivity index (χ3n) is 2.30. The van der Waals surface area contributed by atoms with E-state index >= 15 is 0 Å². The number of halogens is 3. The summed E-state index contributed by atoms with van der Waals surface area (Å²) in [5.41, 5.74) is 6.85. The van der Waals surface area contributed by atoms with Gasteiger partial charge in [0.1, 0.15) is 0 Å². The zero-order chi connectivity index (χ0) is 16.6. The van der Waals surface area contributed by atoms with E-state index in [-0.39, 0.29) is 5.91 Å². The summed E-state index contributed by atoms with van der Waals surface area (Å²) >= 11 is 0. The number of likely N-dealkylation sites (N-methyl/N-ethyl adjacent to an activating group) is 1. The highest BCUT2D eigenvalue weighted by molar-refractivity contribution is 5.81. The van der Waals surface area contributed by atoms with Gasteiger partial charge in [-0.15, -0.1) is 0 Å². The maximum Gasteiger partial charge on any atom is 0.490 e. The Labute approximate surface area is 120 Å². The molecule has 0 aliphatic heterocycles. The summed E-state index contributed by atoms with van der Waals surface area (Å²) < 4.78 is 31.7. The Hall–Kier alpha value is -2.09. The predicted molar refractivity (Wildman–Crippen MR) is 70.5 cm³/mol. The van der Waals surface area contributed by atoms with Gasteiger partial charge in [0.05, 0.1) is 6.04 Å². The van der Waals surface area contributed by atoms with Gasteiger partial charge in [-0.1, -0.05) is 30.3 Å². The Kier molecular flexibility index (Phi) is 7.43. The molecule has 1 aromatic rings. The number of carbonyl (C=O) groups is 2. The van der Waals surface area contributed by atoms with Crippen LogP contribution in [0.15, 0.2) is 30.3 Å². The molecule has 1 aromatic carbocycles. The van der Waals surface area contributed by atoms with Gasteiger partial charge in [-0.05, 0) is 12.0 Å². The number of alkyl halides is 3. The van der Waals surface area contributed by atoms with E-state index in [0.29, 0.717) is 6.42 Å². The molecule has 0 aromatic heterocycles. The number of nitrogens with zero attached hydrogens (tertiary/aromatic N) is 1. The fourth-order valence-electron chi connectivity index (χ4n) is 1.29. The van der Waals surface area contributed by atoms with E-state index in [2.05, 4.69) is 0 Å². The summed E-state index contributed by atoms with van der Waals surface area (Å²) in [5.74, 6) is -2.79. The summed E-state index contributed by atoms with van der Waals surface area (Å²) in [6.07, 6.45) is -4.49. The molecular formula is C13H17F3N2O3. The van der Waals surface area contributed by atoms with Crippen molar-refractivity contribution in [1.29, 1.82) is 0 Å². The fraction of sp³-hybridized carbons (Fsp3) is 0.385. The summed E-state index contributed by atoms with van der Waals surface area (Å²) in [4.78, 5) is 21.9. The van der Waals surface area contributed by atoms with Gasteiger partial charge in [-0.25, -0.2) is 4.79 Å². The summed E-state index contributed by atoms with van der Waals surface area (Å²) in [6.45, 7) is 0. The first kappa shape index (κ1) is 18.9. The first-order chi connectivity index (χ1) is 9.55. The van der Waals surface area contributed by atoms with Gasteiger partial charge >= 0.3 is 12.1 Å². The average Bonchev–Trinajstić information content (AvgIpc) is 2.38. The molecule has 0 unspecified atom stereocenters. The van der Waals surface area contributed by atoms with Gasteiger partial charge in [0.2, 0.25) is 5.91 Å². The molecule has 1 amide bonds. The molecule has 0 aliphatic rings. The van der Waals surface area contributed by atoms with Crippen LogP contribution in [-0.4, -0.2) is 48.2 Å². The van der Waals surface area contributed by atoms with Crippen LogP contribution in [0.25, 0.3) is 0 Å².